The van der Waals surface area contributed by atoms with E-state index in [0.717, 1.165) is 30.3 Å². The maximum atomic E-state index is 5.73. The third kappa shape index (κ3) is 3.20. The molecule has 1 unspecified atom stereocenters. The van der Waals surface area contributed by atoms with Gasteiger partial charge in [0.2, 0.25) is 0 Å². The first-order valence-electron chi connectivity index (χ1n) is 8.75. The Morgan fingerprint density at radius 2 is 2.04 bits per heavy atom. The third-order valence-electron chi connectivity index (χ3n) is 4.53. The molecule has 1 aliphatic rings. The van der Waals surface area contributed by atoms with Crippen LogP contribution in [0.3, 0.4) is 0 Å². The molecule has 1 aliphatic heterocycles. The van der Waals surface area contributed by atoms with Crippen LogP contribution in [0, 0.1) is 0 Å². The second-order valence-corrected chi connectivity index (χ2v) is 6.51. The molecule has 26 heavy (non-hydrogen) atoms. The predicted molar refractivity (Wildman–Crippen MR) is 106 cm³/mol. The molecule has 0 aliphatic carbocycles. The summed E-state index contributed by atoms with van der Waals surface area (Å²) >= 11 is 5.73. The minimum absolute atomic E-state index is 0.0311. The Hall–Kier alpha value is -2.73. The Morgan fingerprint density at radius 3 is 2.77 bits per heavy atom. The minimum atomic E-state index is -0.0311. The zero-order valence-electron chi connectivity index (χ0n) is 14.6. The average Bonchev–Trinajstić information content (AvgIpc) is 3.34. The van der Waals surface area contributed by atoms with Crippen molar-refractivity contribution in [3.05, 3.63) is 72.4 Å². The SMILES string of the molecule is CCOc1ccc(NC(=S)N2CCn3cccc3C2c2ccco2)cc1. The van der Waals surface area contributed by atoms with E-state index in [2.05, 4.69) is 33.1 Å². The summed E-state index contributed by atoms with van der Waals surface area (Å²) < 4.78 is 13.5. The van der Waals surface area contributed by atoms with Crippen molar-refractivity contribution in [2.45, 2.75) is 19.5 Å². The molecule has 0 bridgehead atoms. The van der Waals surface area contributed by atoms with Gasteiger partial charge in [0, 0.05) is 30.7 Å². The third-order valence-corrected chi connectivity index (χ3v) is 4.86. The van der Waals surface area contributed by atoms with Crippen LogP contribution in [0.4, 0.5) is 5.69 Å². The lowest BCUT2D eigenvalue weighted by Gasteiger charge is -2.37. The summed E-state index contributed by atoms with van der Waals surface area (Å²) in [7, 11) is 0. The lowest BCUT2D eigenvalue weighted by Crippen LogP contribution is -2.44. The highest BCUT2D eigenvalue weighted by atomic mass is 32.1. The van der Waals surface area contributed by atoms with Crippen LogP contribution in [0.2, 0.25) is 0 Å². The fourth-order valence-electron chi connectivity index (χ4n) is 3.34. The predicted octanol–water partition coefficient (Wildman–Crippen LogP) is 4.28. The quantitative estimate of drug-likeness (QED) is 0.697. The number of thiocarbonyl (C=S) groups is 1. The number of hydrogen-bond donors (Lipinski definition) is 1. The number of ether oxygens (including phenoxy) is 1. The number of benzene rings is 1. The van der Waals surface area contributed by atoms with Gasteiger partial charge in [-0.3, -0.25) is 0 Å². The molecule has 0 spiro atoms. The van der Waals surface area contributed by atoms with Crippen LogP contribution in [0.1, 0.15) is 24.4 Å². The van der Waals surface area contributed by atoms with Gasteiger partial charge >= 0.3 is 0 Å². The van der Waals surface area contributed by atoms with Gasteiger partial charge in [-0.1, -0.05) is 0 Å². The van der Waals surface area contributed by atoms with Gasteiger partial charge in [-0.2, -0.15) is 0 Å². The molecule has 4 rings (SSSR count). The maximum Gasteiger partial charge on any atom is 0.174 e. The standard InChI is InChI=1S/C20H21N3O2S/c1-2-24-16-9-7-15(8-10-16)21-20(26)23-13-12-22-11-3-5-17(22)19(23)18-6-4-14-25-18/h3-11,14,19H,2,12-13H2,1H3,(H,21,26). The van der Waals surface area contributed by atoms with Gasteiger partial charge in [0.1, 0.15) is 17.6 Å². The van der Waals surface area contributed by atoms with Crippen LogP contribution in [0.25, 0.3) is 0 Å². The summed E-state index contributed by atoms with van der Waals surface area (Å²) in [6.45, 7) is 4.34. The number of nitrogens with zero attached hydrogens (tertiary/aromatic N) is 2. The van der Waals surface area contributed by atoms with Gasteiger partial charge in [0.25, 0.3) is 0 Å². The van der Waals surface area contributed by atoms with Crippen LogP contribution < -0.4 is 10.1 Å². The molecule has 1 N–H and O–H groups in total. The molecule has 3 aromatic rings. The second kappa shape index (κ2) is 7.25. The average molecular weight is 367 g/mol. The second-order valence-electron chi connectivity index (χ2n) is 6.13. The van der Waals surface area contributed by atoms with E-state index in [0.29, 0.717) is 11.7 Å². The van der Waals surface area contributed by atoms with Gasteiger partial charge in [0.05, 0.1) is 12.9 Å². The van der Waals surface area contributed by atoms with Gasteiger partial charge < -0.3 is 23.9 Å². The molecule has 1 atom stereocenters. The zero-order valence-corrected chi connectivity index (χ0v) is 15.4. The lowest BCUT2D eigenvalue weighted by molar-refractivity contribution is 0.261. The van der Waals surface area contributed by atoms with E-state index < -0.39 is 0 Å². The van der Waals surface area contributed by atoms with Gasteiger partial charge in [0.15, 0.2) is 5.11 Å². The molecule has 1 aromatic carbocycles. The summed E-state index contributed by atoms with van der Waals surface area (Å²) in [5.41, 5.74) is 2.12. The molecule has 5 nitrogen and oxygen atoms in total. The summed E-state index contributed by atoms with van der Waals surface area (Å²) in [6, 6.07) is 15.9. The Labute approximate surface area is 158 Å². The van der Waals surface area contributed by atoms with Crippen LogP contribution in [0.15, 0.2) is 65.4 Å². The number of nitrogens with one attached hydrogen (secondary N) is 1. The van der Waals surface area contributed by atoms with Gasteiger partial charge in [-0.15, -0.1) is 0 Å². The molecule has 2 aromatic heterocycles. The summed E-state index contributed by atoms with van der Waals surface area (Å²) in [6.07, 6.45) is 3.81. The molecular formula is C20H21N3O2S. The van der Waals surface area contributed by atoms with E-state index in [-0.39, 0.29) is 6.04 Å². The fourth-order valence-corrected chi connectivity index (χ4v) is 3.66. The largest absolute Gasteiger partial charge is 0.494 e. The number of rotatable bonds is 4. The molecule has 0 saturated heterocycles. The summed E-state index contributed by atoms with van der Waals surface area (Å²) in [5.74, 6) is 1.74. The molecule has 134 valence electrons. The topological polar surface area (TPSA) is 42.6 Å². The Morgan fingerprint density at radius 1 is 1.19 bits per heavy atom. The monoisotopic (exact) mass is 367 g/mol. The smallest absolute Gasteiger partial charge is 0.174 e. The number of aromatic nitrogens is 1. The molecule has 0 radical (unpaired) electrons. The first-order valence-corrected chi connectivity index (χ1v) is 9.16. The van der Waals surface area contributed by atoms with E-state index >= 15 is 0 Å². The van der Waals surface area contributed by atoms with Crippen molar-refractivity contribution in [1.29, 1.82) is 0 Å². The van der Waals surface area contributed by atoms with E-state index in [1.54, 1.807) is 6.26 Å². The number of furan rings is 1. The van der Waals surface area contributed by atoms with Crippen LogP contribution in [-0.4, -0.2) is 27.7 Å². The van der Waals surface area contributed by atoms with Crippen molar-refractivity contribution in [1.82, 2.24) is 9.47 Å². The molecule has 0 fully saturated rings. The van der Waals surface area contributed by atoms with E-state index in [1.165, 1.54) is 5.69 Å². The molecular weight excluding hydrogens is 346 g/mol. The maximum absolute atomic E-state index is 5.73. The van der Waals surface area contributed by atoms with Crippen molar-refractivity contribution in [3.8, 4) is 5.75 Å². The molecule has 0 amide bonds. The van der Waals surface area contributed by atoms with Crippen LogP contribution in [0.5, 0.6) is 5.75 Å². The number of fused-ring (bicyclic) bond motifs is 1. The Kier molecular flexibility index (Phi) is 4.67. The first kappa shape index (κ1) is 16.7. The molecule has 0 saturated carbocycles. The summed E-state index contributed by atoms with van der Waals surface area (Å²) in [5, 5.41) is 4.03. The van der Waals surface area contributed by atoms with Gasteiger partial charge in [-0.25, -0.2) is 0 Å². The van der Waals surface area contributed by atoms with Crippen molar-refractivity contribution in [2.75, 3.05) is 18.5 Å². The fraction of sp³-hybridized carbons (Fsp3) is 0.250. The zero-order chi connectivity index (χ0) is 17.9. The van der Waals surface area contributed by atoms with Crippen LogP contribution in [-0.2, 0) is 6.54 Å². The normalized spacial score (nSPS) is 16.2. The van der Waals surface area contributed by atoms with E-state index in [9.17, 15) is 0 Å². The number of anilines is 1. The Bertz CT molecular complexity index is 871. The molecule has 6 heteroatoms. The number of hydrogen-bond acceptors (Lipinski definition) is 3. The van der Waals surface area contributed by atoms with Crippen LogP contribution >= 0.6 is 12.2 Å². The van der Waals surface area contributed by atoms with Crippen molar-refractivity contribution >= 4 is 23.0 Å². The lowest BCUT2D eigenvalue weighted by atomic mass is 10.1. The van der Waals surface area contributed by atoms with Gasteiger partial charge in [-0.05, 0) is 67.7 Å². The van der Waals surface area contributed by atoms with Crippen molar-refractivity contribution < 1.29 is 9.15 Å². The Balaban J connectivity index is 1.56. The first-order chi connectivity index (χ1) is 12.8. The summed E-state index contributed by atoms with van der Waals surface area (Å²) in [4.78, 5) is 2.18. The molecule has 3 heterocycles. The highest BCUT2D eigenvalue weighted by Gasteiger charge is 2.32. The van der Waals surface area contributed by atoms with Crippen molar-refractivity contribution in [3.63, 3.8) is 0 Å². The highest BCUT2D eigenvalue weighted by molar-refractivity contribution is 7.80. The van der Waals surface area contributed by atoms with Crippen molar-refractivity contribution in [2.24, 2.45) is 0 Å². The van der Waals surface area contributed by atoms with E-state index in [1.807, 2.05) is 43.3 Å². The highest BCUT2D eigenvalue weighted by Crippen LogP contribution is 2.33. The van der Waals surface area contributed by atoms with E-state index in [4.69, 9.17) is 21.4 Å². The minimum Gasteiger partial charge on any atom is -0.494 e.